The number of hydrogen-bond acceptors (Lipinski definition) is 3. The van der Waals surface area contributed by atoms with Crippen molar-refractivity contribution in [2.45, 2.75) is 45.3 Å². The molecule has 16 heavy (non-hydrogen) atoms. The summed E-state index contributed by atoms with van der Waals surface area (Å²) in [6, 6.07) is 0. The fraction of sp³-hybridized carbons (Fsp3) is 0.667. The maximum Gasteiger partial charge on any atom is 0.490 e. The van der Waals surface area contributed by atoms with Crippen LogP contribution >= 0.6 is 0 Å². The van der Waals surface area contributed by atoms with Gasteiger partial charge < -0.3 is 14.6 Å². The van der Waals surface area contributed by atoms with Gasteiger partial charge in [-0.1, -0.05) is 6.58 Å². The minimum atomic E-state index is -0.259. The third-order valence-corrected chi connectivity index (χ3v) is 3.68. The van der Waals surface area contributed by atoms with Gasteiger partial charge in [0.05, 0.1) is 11.2 Å². The lowest BCUT2D eigenvalue weighted by atomic mass is 9.74. The van der Waals surface area contributed by atoms with Crippen LogP contribution in [0.5, 0.6) is 0 Å². The molecule has 2 aliphatic rings. The van der Waals surface area contributed by atoms with E-state index in [4.69, 9.17) is 9.31 Å². The lowest BCUT2D eigenvalue weighted by Crippen LogP contribution is -2.41. The highest BCUT2D eigenvalue weighted by Gasteiger charge is 2.52. The summed E-state index contributed by atoms with van der Waals surface area (Å²) in [4.78, 5) is 0. The van der Waals surface area contributed by atoms with Gasteiger partial charge in [0.2, 0.25) is 0 Å². The molecule has 0 spiro atoms. The standard InChI is InChI=1S/C12H20BNO2/c1-9-8-10(6-7-14-9)13-15-11(2,3)12(4,5)16-13/h8,14H,1,6-7H2,2-5H3. The smallest absolute Gasteiger partial charge is 0.400 e. The van der Waals surface area contributed by atoms with Gasteiger partial charge in [-0.3, -0.25) is 0 Å². The predicted molar refractivity (Wildman–Crippen MR) is 65.9 cm³/mol. The van der Waals surface area contributed by atoms with Gasteiger partial charge >= 0.3 is 7.12 Å². The maximum absolute atomic E-state index is 5.99. The average Bonchev–Trinajstić information content (AvgIpc) is 2.36. The first kappa shape index (κ1) is 11.7. The zero-order chi connectivity index (χ0) is 12.0. The lowest BCUT2D eigenvalue weighted by molar-refractivity contribution is 0.00578. The number of nitrogens with one attached hydrogen (secondary N) is 1. The van der Waals surface area contributed by atoms with E-state index in [9.17, 15) is 0 Å². The number of hydrogen-bond donors (Lipinski definition) is 1. The van der Waals surface area contributed by atoms with Crippen molar-refractivity contribution in [1.82, 2.24) is 5.32 Å². The van der Waals surface area contributed by atoms with Crippen molar-refractivity contribution in [1.29, 1.82) is 0 Å². The lowest BCUT2D eigenvalue weighted by Gasteiger charge is -2.32. The SMILES string of the molecule is C=C1C=C(B2OC(C)(C)C(C)(C)O2)CCN1. The van der Waals surface area contributed by atoms with Crippen molar-refractivity contribution in [3.63, 3.8) is 0 Å². The molecule has 1 saturated heterocycles. The van der Waals surface area contributed by atoms with Gasteiger partial charge in [0, 0.05) is 12.2 Å². The fourth-order valence-electron chi connectivity index (χ4n) is 1.89. The van der Waals surface area contributed by atoms with Gasteiger partial charge in [-0.15, -0.1) is 0 Å². The van der Waals surface area contributed by atoms with Gasteiger partial charge in [0.15, 0.2) is 0 Å². The van der Waals surface area contributed by atoms with E-state index in [1.54, 1.807) is 0 Å². The summed E-state index contributed by atoms with van der Waals surface area (Å²) >= 11 is 0. The molecule has 2 rings (SSSR count). The molecule has 0 radical (unpaired) electrons. The Morgan fingerprint density at radius 2 is 1.81 bits per heavy atom. The fourth-order valence-corrected chi connectivity index (χ4v) is 1.89. The predicted octanol–water partition coefficient (Wildman–Crippen LogP) is 2.05. The van der Waals surface area contributed by atoms with Crippen molar-refractivity contribution >= 4 is 7.12 Å². The molecule has 2 aliphatic heterocycles. The first-order chi connectivity index (χ1) is 7.32. The Bertz CT molecular complexity index is 331. The molecule has 0 saturated carbocycles. The van der Waals surface area contributed by atoms with E-state index < -0.39 is 0 Å². The number of allylic oxidation sites excluding steroid dienone is 1. The Labute approximate surface area is 98.0 Å². The molecule has 0 atom stereocenters. The molecule has 0 aromatic heterocycles. The highest BCUT2D eigenvalue weighted by Crippen LogP contribution is 2.39. The van der Waals surface area contributed by atoms with E-state index >= 15 is 0 Å². The van der Waals surface area contributed by atoms with Crippen LogP contribution in [0.2, 0.25) is 0 Å². The zero-order valence-corrected chi connectivity index (χ0v) is 10.6. The Kier molecular flexibility index (Phi) is 2.67. The van der Waals surface area contributed by atoms with Crippen molar-refractivity contribution in [3.8, 4) is 0 Å². The van der Waals surface area contributed by atoms with Crippen LogP contribution in [-0.4, -0.2) is 24.9 Å². The highest BCUT2D eigenvalue weighted by atomic mass is 16.7. The second-order valence-corrected chi connectivity index (χ2v) is 5.51. The second-order valence-electron chi connectivity index (χ2n) is 5.51. The summed E-state index contributed by atoms with van der Waals surface area (Å²) in [5.74, 6) is 0. The minimum absolute atomic E-state index is 0.219. The second kappa shape index (κ2) is 3.64. The first-order valence-corrected chi connectivity index (χ1v) is 5.81. The normalized spacial score (nSPS) is 27.6. The zero-order valence-electron chi connectivity index (χ0n) is 10.6. The summed E-state index contributed by atoms with van der Waals surface area (Å²) in [5, 5.41) is 3.19. The maximum atomic E-state index is 5.99. The summed E-state index contributed by atoms with van der Waals surface area (Å²) < 4.78 is 12.0. The van der Waals surface area contributed by atoms with Gasteiger partial charge in [-0.05, 0) is 45.7 Å². The van der Waals surface area contributed by atoms with E-state index in [2.05, 4.69) is 39.6 Å². The molecule has 0 unspecified atom stereocenters. The van der Waals surface area contributed by atoms with Crippen molar-refractivity contribution in [3.05, 3.63) is 23.8 Å². The van der Waals surface area contributed by atoms with Crippen LogP contribution in [0.4, 0.5) is 0 Å². The molecule has 3 nitrogen and oxygen atoms in total. The number of rotatable bonds is 1. The topological polar surface area (TPSA) is 30.5 Å². The van der Waals surface area contributed by atoms with Crippen LogP contribution in [0, 0.1) is 0 Å². The van der Waals surface area contributed by atoms with Crippen molar-refractivity contribution < 1.29 is 9.31 Å². The van der Waals surface area contributed by atoms with E-state index in [-0.39, 0.29) is 18.3 Å². The first-order valence-electron chi connectivity index (χ1n) is 5.81. The van der Waals surface area contributed by atoms with Crippen LogP contribution in [0.15, 0.2) is 23.8 Å². The molecule has 88 valence electrons. The highest BCUT2D eigenvalue weighted by molar-refractivity contribution is 6.54. The third kappa shape index (κ3) is 1.92. The molecule has 0 amide bonds. The largest absolute Gasteiger partial charge is 0.490 e. The van der Waals surface area contributed by atoms with E-state index in [0.29, 0.717) is 0 Å². The molecule has 0 aromatic carbocycles. The van der Waals surface area contributed by atoms with Crippen LogP contribution in [-0.2, 0) is 9.31 Å². The van der Waals surface area contributed by atoms with Gasteiger partial charge in [0.1, 0.15) is 0 Å². The minimum Gasteiger partial charge on any atom is -0.400 e. The van der Waals surface area contributed by atoms with E-state index in [1.165, 1.54) is 5.47 Å². The Balaban J connectivity index is 2.17. The third-order valence-electron chi connectivity index (χ3n) is 3.68. The molecular weight excluding hydrogens is 201 g/mol. The van der Waals surface area contributed by atoms with Crippen LogP contribution in [0.3, 0.4) is 0 Å². The molecule has 0 aromatic rings. The molecule has 4 heteroatoms. The van der Waals surface area contributed by atoms with Gasteiger partial charge in [-0.2, -0.15) is 0 Å². The Morgan fingerprint density at radius 1 is 1.25 bits per heavy atom. The van der Waals surface area contributed by atoms with E-state index in [0.717, 1.165) is 18.7 Å². The summed E-state index contributed by atoms with van der Waals surface area (Å²) in [7, 11) is -0.219. The molecule has 0 aliphatic carbocycles. The van der Waals surface area contributed by atoms with Crippen LogP contribution in [0.25, 0.3) is 0 Å². The monoisotopic (exact) mass is 221 g/mol. The summed E-state index contributed by atoms with van der Waals surface area (Å²) in [6.07, 6.45) is 2.99. The van der Waals surface area contributed by atoms with Crippen molar-refractivity contribution in [2.24, 2.45) is 0 Å². The van der Waals surface area contributed by atoms with E-state index in [1.807, 2.05) is 6.08 Å². The summed E-state index contributed by atoms with van der Waals surface area (Å²) in [6.45, 7) is 13.1. The molecule has 1 N–H and O–H groups in total. The Hall–Kier alpha value is -0.735. The molecule has 2 heterocycles. The van der Waals surface area contributed by atoms with Crippen molar-refractivity contribution in [2.75, 3.05) is 6.54 Å². The van der Waals surface area contributed by atoms with Crippen LogP contribution in [0.1, 0.15) is 34.1 Å². The summed E-state index contributed by atoms with van der Waals surface area (Å²) in [5.41, 5.74) is 1.61. The molecule has 1 fully saturated rings. The van der Waals surface area contributed by atoms with Gasteiger partial charge in [-0.25, -0.2) is 0 Å². The quantitative estimate of drug-likeness (QED) is 0.687. The molecular formula is C12H20BNO2. The van der Waals surface area contributed by atoms with Crippen LogP contribution < -0.4 is 5.32 Å². The Morgan fingerprint density at radius 3 is 2.31 bits per heavy atom. The molecule has 0 bridgehead atoms. The average molecular weight is 221 g/mol. The van der Waals surface area contributed by atoms with Gasteiger partial charge in [0.25, 0.3) is 0 Å².